The van der Waals surface area contributed by atoms with Gasteiger partial charge in [-0.05, 0) is 19.1 Å². The third-order valence-corrected chi connectivity index (χ3v) is 2.11. The molecule has 0 N–H and O–H groups in total. The van der Waals surface area contributed by atoms with Crippen molar-refractivity contribution in [2.75, 3.05) is 0 Å². The zero-order valence-corrected chi connectivity index (χ0v) is 7.72. The summed E-state index contributed by atoms with van der Waals surface area (Å²) >= 11 is 0. The molecule has 0 bridgehead atoms. The Hall–Kier alpha value is -1.57. The van der Waals surface area contributed by atoms with Crippen molar-refractivity contribution in [3.05, 3.63) is 48.8 Å². The normalized spacial score (nSPS) is 10.2. The molecule has 2 heteroatoms. The van der Waals surface area contributed by atoms with Crippen LogP contribution in [0.15, 0.2) is 48.8 Å². The molecule has 0 saturated heterocycles. The molecule has 13 heavy (non-hydrogen) atoms. The van der Waals surface area contributed by atoms with Crippen LogP contribution in [0.2, 0.25) is 0 Å². The molecule has 1 heterocycles. The van der Waals surface area contributed by atoms with Crippen molar-refractivity contribution in [1.82, 2.24) is 4.68 Å². The second kappa shape index (κ2) is 3.44. The van der Waals surface area contributed by atoms with Gasteiger partial charge in [-0.2, -0.15) is 0 Å². The average molecular weight is 173 g/mol. The molecule has 0 aliphatic carbocycles. The van der Waals surface area contributed by atoms with Gasteiger partial charge in [-0.1, -0.05) is 18.2 Å². The van der Waals surface area contributed by atoms with E-state index >= 15 is 0 Å². The number of hydrogen-bond acceptors (Lipinski definition) is 0. The molecular weight excluding hydrogens is 160 g/mol. The summed E-state index contributed by atoms with van der Waals surface area (Å²) in [6.07, 6.45) is 4.14. The molecule has 66 valence electrons. The van der Waals surface area contributed by atoms with Crippen molar-refractivity contribution in [1.29, 1.82) is 0 Å². The Bertz CT molecular complexity index is 376. The highest BCUT2D eigenvalue weighted by atomic mass is 15.4. The van der Waals surface area contributed by atoms with Gasteiger partial charge < -0.3 is 0 Å². The molecule has 0 fully saturated rings. The lowest BCUT2D eigenvalue weighted by molar-refractivity contribution is -0.763. The lowest BCUT2D eigenvalue weighted by atomic mass is 10.3. The highest BCUT2D eigenvalue weighted by molar-refractivity contribution is 5.28. The lowest BCUT2D eigenvalue weighted by Crippen LogP contribution is -2.40. The molecule has 0 saturated carbocycles. The predicted octanol–water partition coefficient (Wildman–Crippen LogP) is 1.78. The number of benzene rings is 1. The van der Waals surface area contributed by atoms with Crippen LogP contribution in [0, 0.1) is 0 Å². The van der Waals surface area contributed by atoms with Crippen LogP contribution in [0.4, 0.5) is 0 Å². The third kappa shape index (κ3) is 1.47. The molecule has 0 atom stereocenters. The molecule has 0 radical (unpaired) electrons. The predicted molar refractivity (Wildman–Crippen MR) is 51.6 cm³/mol. The molecule has 1 aromatic heterocycles. The monoisotopic (exact) mass is 173 g/mol. The van der Waals surface area contributed by atoms with Crippen LogP contribution in [0.25, 0.3) is 5.69 Å². The van der Waals surface area contributed by atoms with Gasteiger partial charge in [0.2, 0.25) is 0 Å². The van der Waals surface area contributed by atoms with E-state index in [2.05, 4.69) is 59.0 Å². The minimum atomic E-state index is 0.988. The first-order valence-corrected chi connectivity index (χ1v) is 4.54. The highest BCUT2D eigenvalue weighted by Gasteiger charge is 2.05. The fourth-order valence-electron chi connectivity index (χ4n) is 1.45. The van der Waals surface area contributed by atoms with Crippen LogP contribution in [0.5, 0.6) is 0 Å². The van der Waals surface area contributed by atoms with Gasteiger partial charge in [0.15, 0.2) is 12.7 Å². The Kier molecular flexibility index (Phi) is 2.13. The summed E-state index contributed by atoms with van der Waals surface area (Å²) in [7, 11) is 0. The second-order valence-corrected chi connectivity index (χ2v) is 2.93. The van der Waals surface area contributed by atoms with E-state index in [0.717, 1.165) is 6.54 Å². The summed E-state index contributed by atoms with van der Waals surface area (Å²) < 4.78 is 4.30. The summed E-state index contributed by atoms with van der Waals surface area (Å²) in [6.45, 7) is 3.13. The Balaban J connectivity index is 2.47. The fourth-order valence-corrected chi connectivity index (χ4v) is 1.45. The van der Waals surface area contributed by atoms with Crippen molar-refractivity contribution in [3.63, 3.8) is 0 Å². The molecule has 0 unspecified atom stereocenters. The molecule has 2 nitrogen and oxygen atoms in total. The number of rotatable bonds is 2. The maximum Gasteiger partial charge on any atom is 0.196 e. The maximum atomic E-state index is 2.16. The van der Waals surface area contributed by atoms with E-state index in [0.29, 0.717) is 0 Å². The van der Waals surface area contributed by atoms with Crippen molar-refractivity contribution < 1.29 is 4.68 Å². The Morgan fingerprint density at radius 2 is 1.92 bits per heavy atom. The minimum Gasteiger partial charge on any atom is -0.128 e. The smallest absolute Gasteiger partial charge is 0.128 e. The van der Waals surface area contributed by atoms with Crippen LogP contribution in [0.1, 0.15) is 6.92 Å². The number of hydrogen-bond donors (Lipinski definition) is 0. The SMILES string of the molecule is CC[n+]1cccn1-c1ccccc1. The van der Waals surface area contributed by atoms with Crippen LogP contribution >= 0.6 is 0 Å². The van der Waals surface area contributed by atoms with Gasteiger partial charge in [0, 0.05) is 6.07 Å². The van der Waals surface area contributed by atoms with E-state index in [1.807, 2.05) is 6.07 Å². The van der Waals surface area contributed by atoms with Gasteiger partial charge >= 0.3 is 0 Å². The Morgan fingerprint density at radius 3 is 2.62 bits per heavy atom. The molecule has 0 aliphatic rings. The Labute approximate surface area is 78.0 Å². The first-order valence-electron chi connectivity index (χ1n) is 4.54. The third-order valence-electron chi connectivity index (χ3n) is 2.11. The van der Waals surface area contributed by atoms with E-state index in [4.69, 9.17) is 0 Å². The molecule has 0 aliphatic heterocycles. The van der Waals surface area contributed by atoms with E-state index in [1.54, 1.807) is 0 Å². The fraction of sp³-hybridized carbons (Fsp3) is 0.182. The zero-order chi connectivity index (χ0) is 9.10. The first-order chi connectivity index (χ1) is 6.42. The number of para-hydroxylation sites is 1. The van der Waals surface area contributed by atoms with Crippen LogP contribution in [-0.2, 0) is 6.54 Å². The summed E-state index contributed by atoms with van der Waals surface area (Å²) in [5.41, 5.74) is 1.20. The van der Waals surface area contributed by atoms with Crippen molar-refractivity contribution >= 4 is 0 Å². The van der Waals surface area contributed by atoms with Gasteiger partial charge in [0.05, 0.1) is 6.20 Å². The number of aromatic nitrogens is 2. The summed E-state index contributed by atoms with van der Waals surface area (Å²) in [5.74, 6) is 0. The molecule has 0 spiro atoms. The minimum absolute atomic E-state index is 0.988. The molecule has 2 rings (SSSR count). The van der Waals surface area contributed by atoms with Crippen LogP contribution < -0.4 is 4.68 Å². The highest BCUT2D eigenvalue weighted by Crippen LogP contribution is 2.02. The zero-order valence-electron chi connectivity index (χ0n) is 7.72. The van der Waals surface area contributed by atoms with E-state index in [-0.39, 0.29) is 0 Å². The van der Waals surface area contributed by atoms with Crippen molar-refractivity contribution in [2.45, 2.75) is 13.5 Å². The first kappa shape index (κ1) is 8.05. The van der Waals surface area contributed by atoms with Crippen LogP contribution in [0.3, 0.4) is 0 Å². The lowest BCUT2D eigenvalue weighted by Gasteiger charge is -1.99. The second-order valence-electron chi connectivity index (χ2n) is 2.93. The molecule has 1 aromatic carbocycles. The van der Waals surface area contributed by atoms with E-state index in [1.165, 1.54) is 5.69 Å². The Morgan fingerprint density at radius 1 is 1.15 bits per heavy atom. The van der Waals surface area contributed by atoms with Gasteiger partial charge in [-0.3, -0.25) is 0 Å². The standard InChI is InChI=1S/C11H13N2/c1-2-12-9-6-10-13(12)11-7-4-3-5-8-11/h3-10H,2H2,1H3/q+1. The van der Waals surface area contributed by atoms with Crippen molar-refractivity contribution in [2.24, 2.45) is 0 Å². The molecular formula is C11H13N2+. The summed E-state index contributed by atoms with van der Waals surface area (Å²) in [6, 6.07) is 12.4. The number of aryl methyl sites for hydroxylation is 1. The largest absolute Gasteiger partial charge is 0.196 e. The van der Waals surface area contributed by atoms with Crippen LogP contribution in [-0.4, -0.2) is 4.68 Å². The topological polar surface area (TPSA) is 8.81 Å². The van der Waals surface area contributed by atoms with Gasteiger partial charge in [0.1, 0.15) is 5.69 Å². The number of nitrogens with zero attached hydrogens (tertiary/aromatic N) is 2. The van der Waals surface area contributed by atoms with Gasteiger partial charge in [-0.25, -0.2) is 0 Å². The van der Waals surface area contributed by atoms with Crippen molar-refractivity contribution in [3.8, 4) is 5.69 Å². The average Bonchev–Trinajstić information content (AvgIpc) is 2.67. The van der Waals surface area contributed by atoms with E-state index < -0.39 is 0 Å². The van der Waals surface area contributed by atoms with Gasteiger partial charge in [0.25, 0.3) is 0 Å². The quantitative estimate of drug-likeness (QED) is 0.612. The summed E-state index contributed by atoms with van der Waals surface area (Å²) in [5, 5.41) is 0. The molecule has 0 amide bonds. The maximum absolute atomic E-state index is 2.16. The summed E-state index contributed by atoms with van der Waals surface area (Å²) in [4.78, 5) is 0. The molecule has 2 aromatic rings. The van der Waals surface area contributed by atoms with Gasteiger partial charge in [-0.15, -0.1) is 9.36 Å². The van der Waals surface area contributed by atoms with E-state index in [9.17, 15) is 0 Å².